The molecule has 2 aromatic rings. The largest absolute Gasteiger partial charge is 0.490 e. The van der Waals surface area contributed by atoms with Crippen molar-refractivity contribution in [1.29, 1.82) is 0 Å². The maximum Gasteiger partial charge on any atom is 0.251 e. The van der Waals surface area contributed by atoms with E-state index in [2.05, 4.69) is 5.32 Å². The van der Waals surface area contributed by atoms with Gasteiger partial charge in [-0.2, -0.15) is 0 Å². The fourth-order valence-corrected chi connectivity index (χ4v) is 2.01. The van der Waals surface area contributed by atoms with Gasteiger partial charge in [0.1, 0.15) is 19.0 Å². The van der Waals surface area contributed by atoms with Crippen LogP contribution in [0.5, 0.6) is 17.2 Å². The summed E-state index contributed by atoms with van der Waals surface area (Å²) in [5.74, 6) is 1.78. The first-order valence-corrected chi connectivity index (χ1v) is 7.54. The summed E-state index contributed by atoms with van der Waals surface area (Å²) in [7, 11) is 1.59. The van der Waals surface area contributed by atoms with Crippen LogP contribution in [-0.4, -0.2) is 32.8 Å². The molecule has 0 radical (unpaired) electrons. The van der Waals surface area contributed by atoms with Crippen molar-refractivity contribution in [1.82, 2.24) is 5.32 Å². The predicted molar refractivity (Wildman–Crippen MR) is 88.4 cm³/mol. The number of benzene rings is 2. The molecule has 2 aromatic carbocycles. The lowest BCUT2D eigenvalue weighted by Gasteiger charge is -2.13. The van der Waals surface area contributed by atoms with Crippen LogP contribution in [-0.2, 0) is 0 Å². The Kier molecular flexibility index (Phi) is 6.29. The Balaban J connectivity index is 1.94. The summed E-state index contributed by atoms with van der Waals surface area (Å²) in [6.07, 6.45) is 0. The van der Waals surface area contributed by atoms with Crippen molar-refractivity contribution in [2.24, 2.45) is 0 Å². The highest BCUT2D eigenvalue weighted by atomic mass is 16.5. The van der Waals surface area contributed by atoms with Crippen molar-refractivity contribution < 1.29 is 19.0 Å². The van der Waals surface area contributed by atoms with Crippen LogP contribution in [0.25, 0.3) is 0 Å². The van der Waals surface area contributed by atoms with Crippen molar-refractivity contribution in [3.63, 3.8) is 0 Å². The quantitative estimate of drug-likeness (QED) is 0.761. The summed E-state index contributed by atoms with van der Waals surface area (Å²) >= 11 is 0. The average molecular weight is 315 g/mol. The molecule has 0 aliphatic rings. The van der Waals surface area contributed by atoms with Gasteiger partial charge in [0.15, 0.2) is 11.5 Å². The first-order chi connectivity index (χ1) is 11.2. The number of hydrogen-bond donors (Lipinski definition) is 1. The van der Waals surface area contributed by atoms with Crippen LogP contribution >= 0.6 is 0 Å². The minimum atomic E-state index is -0.162. The molecule has 0 saturated heterocycles. The van der Waals surface area contributed by atoms with Gasteiger partial charge in [-0.05, 0) is 37.3 Å². The smallest absolute Gasteiger partial charge is 0.251 e. The fraction of sp³-hybridized carbons (Fsp3) is 0.278. The molecule has 0 aromatic heterocycles. The molecule has 0 bridgehead atoms. The van der Waals surface area contributed by atoms with Gasteiger partial charge in [-0.3, -0.25) is 4.79 Å². The van der Waals surface area contributed by atoms with Crippen LogP contribution < -0.4 is 19.5 Å². The summed E-state index contributed by atoms with van der Waals surface area (Å²) in [6, 6.07) is 14.7. The van der Waals surface area contributed by atoms with Gasteiger partial charge >= 0.3 is 0 Å². The van der Waals surface area contributed by atoms with E-state index in [9.17, 15) is 4.79 Å². The van der Waals surface area contributed by atoms with Crippen molar-refractivity contribution in [3.05, 3.63) is 54.1 Å². The number of carbonyl (C=O) groups is 1. The summed E-state index contributed by atoms with van der Waals surface area (Å²) < 4.78 is 16.8. The number of hydrogen-bond acceptors (Lipinski definition) is 4. The zero-order chi connectivity index (χ0) is 16.5. The van der Waals surface area contributed by atoms with Crippen molar-refractivity contribution in [2.45, 2.75) is 6.92 Å². The second-order valence-electron chi connectivity index (χ2n) is 4.68. The van der Waals surface area contributed by atoms with E-state index in [1.165, 1.54) is 0 Å². The third-order valence-corrected chi connectivity index (χ3v) is 3.09. The molecule has 1 N–H and O–H groups in total. The van der Waals surface area contributed by atoms with E-state index in [0.29, 0.717) is 36.9 Å². The van der Waals surface area contributed by atoms with Gasteiger partial charge < -0.3 is 19.5 Å². The number of ether oxygens (including phenoxy) is 3. The van der Waals surface area contributed by atoms with Gasteiger partial charge in [0.25, 0.3) is 5.91 Å². The third-order valence-electron chi connectivity index (χ3n) is 3.09. The summed E-state index contributed by atoms with van der Waals surface area (Å²) in [6.45, 7) is 3.18. The molecule has 5 heteroatoms. The van der Waals surface area contributed by atoms with Crippen LogP contribution in [0.4, 0.5) is 0 Å². The molecule has 0 unspecified atom stereocenters. The second-order valence-corrected chi connectivity index (χ2v) is 4.68. The fourth-order valence-electron chi connectivity index (χ4n) is 2.01. The topological polar surface area (TPSA) is 56.8 Å². The molecule has 0 saturated carbocycles. The molecule has 0 fully saturated rings. The molecule has 122 valence electrons. The normalized spacial score (nSPS) is 10.0. The third kappa shape index (κ3) is 4.92. The van der Waals surface area contributed by atoms with Gasteiger partial charge in [-0.15, -0.1) is 0 Å². The molecular weight excluding hydrogens is 294 g/mol. The monoisotopic (exact) mass is 315 g/mol. The van der Waals surface area contributed by atoms with Gasteiger partial charge in [-0.1, -0.05) is 18.2 Å². The molecule has 0 atom stereocenters. The van der Waals surface area contributed by atoms with E-state index >= 15 is 0 Å². The Morgan fingerprint density at radius 1 is 0.957 bits per heavy atom. The Morgan fingerprint density at radius 3 is 2.39 bits per heavy atom. The minimum Gasteiger partial charge on any atom is -0.490 e. The number of amides is 1. The van der Waals surface area contributed by atoms with Crippen LogP contribution in [0.15, 0.2) is 48.5 Å². The molecule has 2 rings (SSSR count). The van der Waals surface area contributed by atoms with E-state index in [-0.39, 0.29) is 5.91 Å². The second kappa shape index (κ2) is 8.68. The SMILES string of the molecule is CCOc1cc(C(=O)NC)ccc1OCCOc1ccccc1. The van der Waals surface area contributed by atoms with E-state index in [0.717, 1.165) is 5.75 Å². The van der Waals surface area contributed by atoms with E-state index in [1.807, 2.05) is 37.3 Å². The average Bonchev–Trinajstić information content (AvgIpc) is 2.60. The highest BCUT2D eigenvalue weighted by Crippen LogP contribution is 2.28. The van der Waals surface area contributed by atoms with Crippen molar-refractivity contribution in [3.8, 4) is 17.2 Å². The molecule has 1 amide bonds. The lowest BCUT2D eigenvalue weighted by molar-refractivity contribution is 0.0962. The van der Waals surface area contributed by atoms with Crippen LogP contribution in [0.2, 0.25) is 0 Å². The summed E-state index contributed by atoms with van der Waals surface area (Å²) in [5.41, 5.74) is 0.531. The standard InChI is InChI=1S/C18H21NO4/c1-3-21-17-13-14(18(20)19-2)9-10-16(17)23-12-11-22-15-7-5-4-6-8-15/h4-10,13H,3,11-12H2,1-2H3,(H,19,20). The van der Waals surface area contributed by atoms with E-state index in [4.69, 9.17) is 14.2 Å². The number of para-hydroxylation sites is 1. The van der Waals surface area contributed by atoms with Crippen molar-refractivity contribution >= 4 is 5.91 Å². The summed E-state index contributed by atoms with van der Waals surface area (Å²) in [4.78, 5) is 11.7. The van der Waals surface area contributed by atoms with Gasteiger partial charge in [-0.25, -0.2) is 0 Å². The number of carbonyl (C=O) groups excluding carboxylic acids is 1. The maximum absolute atomic E-state index is 11.7. The maximum atomic E-state index is 11.7. The molecule has 5 nitrogen and oxygen atoms in total. The Morgan fingerprint density at radius 2 is 1.70 bits per heavy atom. The Labute approximate surface area is 136 Å². The molecule has 0 heterocycles. The highest BCUT2D eigenvalue weighted by molar-refractivity contribution is 5.94. The lowest BCUT2D eigenvalue weighted by Crippen LogP contribution is -2.18. The number of rotatable bonds is 8. The molecule has 23 heavy (non-hydrogen) atoms. The zero-order valence-corrected chi connectivity index (χ0v) is 13.4. The minimum absolute atomic E-state index is 0.162. The predicted octanol–water partition coefficient (Wildman–Crippen LogP) is 2.90. The van der Waals surface area contributed by atoms with Crippen LogP contribution in [0, 0.1) is 0 Å². The highest BCUT2D eigenvalue weighted by Gasteiger charge is 2.10. The molecule has 0 aliphatic heterocycles. The van der Waals surface area contributed by atoms with E-state index in [1.54, 1.807) is 25.2 Å². The van der Waals surface area contributed by atoms with Gasteiger partial charge in [0.2, 0.25) is 0 Å². The molecular formula is C18H21NO4. The first kappa shape index (κ1) is 16.7. The Bertz CT molecular complexity index is 628. The van der Waals surface area contributed by atoms with Gasteiger partial charge in [0.05, 0.1) is 6.61 Å². The molecule has 0 spiro atoms. The van der Waals surface area contributed by atoms with Crippen molar-refractivity contribution in [2.75, 3.05) is 26.9 Å². The van der Waals surface area contributed by atoms with Crippen LogP contribution in [0.1, 0.15) is 17.3 Å². The lowest BCUT2D eigenvalue weighted by atomic mass is 10.2. The zero-order valence-electron chi connectivity index (χ0n) is 13.4. The first-order valence-electron chi connectivity index (χ1n) is 7.54. The van der Waals surface area contributed by atoms with Crippen LogP contribution in [0.3, 0.4) is 0 Å². The molecule has 0 aliphatic carbocycles. The number of nitrogens with one attached hydrogen (secondary N) is 1. The van der Waals surface area contributed by atoms with E-state index < -0.39 is 0 Å². The Hall–Kier alpha value is -2.69. The van der Waals surface area contributed by atoms with Gasteiger partial charge in [0, 0.05) is 12.6 Å². The summed E-state index contributed by atoms with van der Waals surface area (Å²) in [5, 5.41) is 2.59.